The van der Waals surface area contributed by atoms with E-state index in [9.17, 15) is 9.59 Å². The molecule has 3 aromatic rings. The summed E-state index contributed by atoms with van der Waals surface area (Å²) >= 11 is 0. The Morgan fingerprint density at radius 3 is 2.76 bits per heavy atom. The number of hydrogen-bond acceptors (Lipinski definition) is 6. The zero-order chi connectivity index (χ0) is 25.7. The summed E-state index contributed by atoms with van der Waals surface area (Å²) in [6, 6.07) is 17.4. The molecule has 1 fully saturated rings. The molecule has 0 spiro atoms. The van der Waals surface area contributed by atoms with Gasteiger partial charge in [-0.15, -0.1) is 0 Å². The molecule has 2 heterocycles. The second-order valence-electron chi connectivity index (χ2n) is 8.94. The molecule has 1 aliphatic heterocycles. The van der Waals surface area contributed by atoms with Gasteiger partial charge < -0.3 is 19.2 Å². The molecule has 1 aliphatic rings. The Kier molecular flexibility index (Phi) is 10.2. The van der Waals surface area contributed by atoms with Gasteiger partial charge in [0, 0.05) is 24.8 Å². The van der Waals surface area contributed by atoms with Crippen molar-refractivity contribution in [2.75, 3.05) is 13.2 Å². The zero-order valence-electron chi connectivity index (χ0n) is 20.9. The predicted molar refractivity (Wildman–Crippen MR) is 139 cm³/mol. The van der Waals surface area contributed by atoms with Crippen molar-refractivity contribution in [3.05, 3.63) is 78.3 Å². The van der Waals surface area contributed by atoms with Gasteiger partial charge in [0.2, 0.25) is 5.91 Å². The van der Waals surface area contributed by atoms with Crippen molar-refractivity contribution in [2.24, 2.45) is 0 Å². The van der Waals surface area contributed by atoms with Crippen LogP contribution in [0.1, 0.15) is 50.7 Å². The van der Waals surface area contributed by atoms with E-state index in [0.29, 0.717) is 43.7 Å². The molecule has 2 aromatic carbocycles. The van der Waals surface area contributed by atoms with E-state index in [4.69, 9.17) is 18.7 Å². The lowest BCUT2D eigenvalue weighted by atomic mass is 10.1. The minimum absolute atomic E-state index is 0.133. The van der Waals surface area contributed by atoms with Crippen LogP contribution in [0.15, 0.2) is 76.9 Å². The molecule has 37 heavy (non-hydrogen) atoms. The largest absolute Gasteiger partial charge is 0.488 e. The zero-order valence-corrected chi connectivity index (χ0v) is 20.9. The molecule has 196 valence electrons. The minimum Gasteiger partial charge on any atom is -0.488 e. The Labute approximate surface area is 216 Å². The number of carbonyl (C=O) groups is 2. The summed E-state index contributed by atoms with van der Waals surface area (Å²) in [4.78, 5) is 30.3. The van der Waals surface area contributed by atoms with E-state index < -0.39 is 0 Å². The molecule has 1 atom stereocenters. The number of benzene rings is 2. The molecule has 1 saturated heterocycles. The SMILES string of the molecule is O=C(CCCC/C=C(\COc1cccc2ccccc12)C(=O)NCc1ccco1)NOC1CCCCO1. The quantitative estimate of drug-likeness (QED) is 0.188. The van der Waals surface area contributed by atoms with Crippen molar-refractivity contribution in [1.82, 2.24) is 10.8 Å². The molecule has 2 amide bonds. The summed E-state index contributed by atoms with van der Waals surface area (Å²) in [5, 5.41) is 4.96. The van der Waals surface area contributed by atoms with Gasteiger partial charge in [-0.25, -0.2) is 10.3 Å². The smallest absolute Gasteiger partial charge is 0.250 e. The van der Waals surface area contributed by atoms with E-state index in [1.54, 1.807) is 12.3 Å². The number of furan rings is 1. The number of rotatable bonds is 13. The molecule has 1 aromatic heterocycles. The van der Waals surface area contributed by atoms with Crippen LogP contribution in [-0.4, -0.2) is 31.3 Å². The lowest BCUT2D eigenvalue weighted by Crippen LogP contribution is -2.32. The molecule has 1 unspecified atom stereocenters. The van der Waals surface area contributed by atoms with Gasteiger partial charge in [0.05, 0.1) is 18.4 Å². The topological polar surface area (TPSA) is 99.0 Å². The summed E-state index contributed by atoms with van der Waals surface area (Å²) in [6.07, 6.45) is 8.35. The molecule has 4 rings (SSSR count). The summed E-state index contributed by atoms with van der Waals surface area (Å²) in [7, 11) is 0. The van der Waals surface area contributed by atoms with Crippen LogP contribution < -0.4 is 15.5 Å². The van der Waals surface area contributed by atoms with E-state index in [-0.39, 0.29) is 24.7 Å². The van der Waals surface area contributed by atoms with Crippen LogP contribution in [0.4, 0.5) is 0 Å². The number of fused-ring (bicyclic) bond motifs is 1. The standard InChI is InChI=1S/C29H34N2O6/c32-27(31-37-28-17-6-7-18-35-28)16-3-1-2-11-23(29(33)30-20-24-13-9-19-34-24)21-36-26-15-8-12-22-10-4-5-14-25(22)26/h4-5,8-15,19,28H,1-3,6-7,16-18,20-21H2,(H,30,33)(H,31,32)/b23-11+. The van der Waals surface area contributed by atoms with Crippen LogP contribution in [0.25, 0.3) is 10.8 Å². The maximum absolute atomic E-state index is 12.9. The van der Waals surface area contributed by atoms with Crippen LogP contribution in [0.2, 0.25) is 0 Å². The van der Waals surface area contributed by atoms with Crippen LogP contribution in [0.3, 0.4) is 0 Å². The van der Waals surface area contributed by atoms with Gasteiger partial charge in [-0.1, -0.05) is 42.5 Å². The van der Waals surface area contributed by atoms with Crippen molar-refractivity contribution < 1.29 is 28.3 Å². The third-order valence-corrected chi connectivity index (χ3v) is 6.12. The third kappa shape index (κ3) is 8.48. The first kappa shape index (κ1) is 26.4. The fourth-order valence-electron chi connectivity index (χ4n) is 4.08. The van der Waals surface area contributed by atoms with Crippen molar-refractivity contribution in [1.29, 1.82) is 0 Å². The first-order chi connectivity index (χ1) is 18.2. The molecule has 8 nitrogen and oxygen atoms in total. The van der Waals surface area contributed by atoms with E-state index in [2.05, 4.69) is 10.8 Å². The predicted octanol–water partition coefficient (Wildman–Crippen LogP) is 5.19. The summed E-state index contributed by atoms with van der Waals surface area (Å²) in [5.74, 6) is 1.01. The van der Waals surface area contributed by atoms with E-state index >= 15 is 0 Å². The normalized spacial score (nSPS) is 15.9. The Hall–Kier alpha value is -3.62. The fraction of sp³-hybridized carbons (Fsp3) is 0.379. The number of ether oxygens (including phenoxy) is 2. The highest BCUT2D eigenvalue weighted by Crippen LogP contribution is 2.25. The first-order valence-electron chi connectivity index (χ1n) is 12.9. The fourth-order valence-corrected chi connectivity index (χ4v) is 4.08. The van der Waals surface area contributed by atoms with Crippen molar-refractivity contribution in [3.63, 3.8) is 0 Å². The van der Waals surface area contributed by atoms with Gasteiger partial charge in [-0.2, -0.15) is 0 Å². The minimum atomic E-state index is -0.357. The Morgan fingerprint density at radius 1 is 1.03 bits per heavy atom. The van der Waals surface area contributed by atoms with Gasteiger partial charge in [-0.3, -0.25) is 9.59 Å². The molecule has 2 N–H and O–H groups in total. The summed E-state index contributed by atoms with van der Waals surface area (Å²) in [5.41, 5.74) is 3.01. The first-order valence-corrected chi connectivity index (χ1v) is 12.9. The van der Waals surface area contributed by atoms with Crippen molar-refractivity contribution in [2.45, 2.75) is 57.8 Å². The monoisotopic (exact) mass is 506 g/mol. The number of amides is 2. The van der Waals surface area contributed by atoms with E-state index in [0.717, 1.165) is 42.2 Å². The Morgan fingerprint density at radius 2 is 1.92 bits per heavy atom. The number of hydrogen-bond donors (Lipinski definition) is 2. The van der Waals surface area contributed by atoms with Crippen molar-refractivity contribution in [3.8, 4) is 5.75 Å². The summed E-state index contributed by atoms with van der Waals surface area (Å²) < 4.78 is 16.8. The lowest BCUT2D eigenvalue weighted by molar-refractivity contribution is -0.200. The molecule has 0 radical (unpaired) electrons. The van der Waals surface area contributed by atoms with Gasteiger partial charge in [0.15, 0.2) is 6.29 Å². The second-order valence-corrected chi connectivity index (χ2v) is 8.94. The van der Waals surface area contributed by atoms with Crippen LogP contribution in [0, 0.1) is 0 Å². The maximum Gasteiger partial charge on any atom is 0.250 e. The van der Waals surface area contributed by atoms with Crippen LogP contribution >= 0.6 is 0 Å². The lowest BCUT2D eigenvalue weighted by Gasteiger charge is -2.22. The Balaban J connectivity index is 1.28. The van der Waals surface area contributed by atoms with E-state index in [1.165, 1.54) is 0 Å². The average molecular weight is 507 g/mol. The number of carbonyl (C=O) groups excluding carboxylic acids is 2. The number of unbranched alkanes of at least 4 members (excludes halogenated alkanes) is 2. The maximum atomic E-state index is 12.9. The van der Waals surface area contributed by atoms with Crippen LogP contribution in [-0.2, 0) is 25.7 Å². The van der Waals surface area contributed by atoms with Gasteiger partial charge in [0.1, 0.15) is 18.1 Å². The molecule has 0 saturated carbocycles. The molecule has 8 heteroatoms. The van der Waals surface area contributed by atoms with Crippen LogP contribution in [0.5, 0.6) is 5.75 Å². The Bertz CT molecular complexity index is 1160. The second kappa shape index (κ2) is 14.2. The number of hydroxylamine groups is 1. The number of allylic oxidation sites excluding steroid dienone is 1. The van der Waals surface area contributed by atoms with Gasteiger partial charge in [0.25, 0.3) is 5.91 Å². The van der Waals surface area contributed by atoms with E-state index in [1.807, 2.05) is 54.6 Å². The summed E-state index contributed by atoms with van der Waals surface area (Å²) in [6.45, 7) is 1.09. The van der Waals surface area contributed by atoms with Gasteiger partial charge in [-0.05, 0) is 55.7 Å². The number of nitrogens with one attached hydrogen (secondary N) is 2. The third-order valence-electron chi connectivity index (χ3n) is 6.12. The molecular formula is C29H34N2O6. The van der Waals surface area contributed by atoms with Crippen molar-refractivity contribution >= 4 is 22.6 Å². The molecule has 0 bridgehead atoms. The molecule has 0 aliphatic carbocycles. The molecular weight excluding hydrogens is 472 g/mol. The highest BCUT2D eigenvalue weighted by Gasteiger charge is 2.16. The highest BCUT2D eigenvalue weighted by molar-refractivity contribution is 5.94. The highest BCUT2D eigenvalue weighted by atomic mass is 16.8. The van der Waals surface area contributed by atoms with Gasteiger partial charge >= 0.3 is 0 Å². The average Bonchev–Trinajstić information content (AvgIpc) is 3.46.